The normalized spacial score (nSPS) is 10.1. The Morgan fingerprint density at radius 1 is 1.13 bits per heavy atom. The van der Waals surface area contributed by atoms with Gasteiger partial charge in [-0.1, -0.05) is 38.1 Å². The second-order valence-corrected chi connectivity index (χ2v) is 5.26. The maximum absolute atomic E-state index is 11.1. The number of aromatic nitrogens is 2. The van der Waals surface area contributed by atoms with Crippen molar-refractivity contribution in [3.63, 3.8) is 0 Å². The summed E-state index contributed by atoms with van der Waals surface area (Å²) in [4.78, 5) is 18.9. The lowest BCUT2D eigenvalue weighted by atomic mass is 10.1. The Morgan fingerprint density at radius 3 is 2.43 bits per heavy atom. The maximum Gasteiger partial charge on any atom is 0.205 e. The van der Waals surface area contributed by atoms with Crippen LogP contribution in [0.4, 0.5) is 11.6 Å². The van der Waals surface area contributed by atoms with Crippen molar-refractivity contribution >= 4 is 28.5 Å². The first-order valence-electron chi connectivity index (χ1n) is 7.92. The first-order valence-corrected chi connectivity index (χ1v) is 7.92. The van der Waals surface area contributed by atoms with Crippen LogP contribution in [0.3, 0.4) is 0 Å². The van der Waals surface area contributed by atoms with Crippen LogP contribution in [0, 0.1) is 6.92 Å². The topological polar surface area (TPSA) is 57.8 Å². The van der Waals surface area contributed by atoms with E-state index in [4.69, 9.17) is 0 Å². The molecule has 0 saturated carbocycles. The molecule has 0 saturated heterocycles. The van der Waals surface area contributed by atoms with Crippen molar-refractivity contribution in [1.82, 2.24) is 9.97 Å². The number of aryl methyl sites for hydroxylation is 1. The molecule has 0 atom stereocenters. The zero-order valence-electron chi connectivity index (χ0n) is 14.1. The molecule has 4 heteroatoms. The number of hydrogen-bond acceptors (Lipinski definition) is 3. The number of nitrogens with zero attached hydrogens (tertiary/aromatic N) is 1. The number of ketones is 1. The monoisotopic (exact) mass is 309 g/mol. The molecule has 0 aliphatic heterocycles. The number of carbonyl (C=O) groups is 1. The van der Waals surface area contributed by atoms with Crippen LogP contribution in [0.5, 0.6) is 0 Å². The van der Waals surface area contributed by atoms with Crippen LogP contribution >= 0.6 is 0 Å². The highest BCUT2D eigenvalue weighted by atomic mass is 16.1. The number of hydrogen-bond donors (Lipinski definition) is 2. The summed E-state index contributed by atoms with van der Waals surface area (Å²) in [5.74, 6) is 0.891. The van der Waals surface area contributed by atoms with Gasteiger partial charge in [-0.05, 0) is 43.2 Å². The molecule has 1 heterocycles. The summed E-state index contributed by atoms with van der Waals surface area (Å²) in [6.07, 6.45) is 0.476. The Bertz CT molecular complexity index is 788. The lowest BCUT2D eigenvalue weighted by Crippen LogP contribution is -1.97. The van der Waals surface area contributed by atoms with Gasteiger partial charge in [-0.25, -0.2) is 4.98 Å². The van der Waals surface area contributed by atoms with Crippen molar-refractivity contribution in [2.24, 2.45) is 0 Å². The Labute approximate surface area is 137 Å². The number of rotatable bonds is 4. The van der Waals surface area contributed by atoms with Crippen LogP contribution in [-0.2, 0) is 11.2 Å². The predicted molar refractivity (Wildman–Crippen MR) is 96.3 cm³/mol. The van der Waals surface area contributed by atoms with E-state index in [0.29, 0.717) is 6.42 Å². The summed E-state index contributed by atoms with van der Waals surface area (Å²) in [5.41, 5.74) is 5.11. The van der Waals surface area contributed by atoms with E-state index < -0.39 is 0 Å². The molecule has 0 spiro atoms. The van der Waals surface area contributed by atoms with E-state index in [1.807, 2.05) is 63.2 Å². The zero-order chi connectivity index (χ0) is 16.8. The minimum Gasteiger partial charge on any atom is -0.326 e. The average Bonchev–Trinajstić information content (AvgIpc) is 2.95. The van der Waals surface area contributed by atoms with E-state index in [9.17, 15) is 4.79 Å². The fourth-order valence-corrected chi connectivity index (χ4v) is 2.36. The van der Waals surface area contributed by atoms with Crippen molar-refractivity contribution in [1.29, 1.82) is 0 Å². The van der Waals surface area contributed by atoms with Gasteiger partial charge in [0.2, 0.25) is 5.95 Å². The first kappa shape index (κ1) is 16.7. The minimum absolute atomic E-state index is 0.170. The van der Waals surface area contributed by atoms with Crippen LogP contribution in [0.2, 0.25) is 0 Å². The van der Waals surface area contributed by atoms with Crippen LogP contribution in [0.1, 0.15) is 31.9 Å². The summed E-state index contributed by atoms with van der Waals surface area (Å²) >= 11 is 0. The molecule has 0 radical (unpaired) electrons. The molecule has 3 aromatic rings. The third-order valence-electron chi connectivity index (χ3n) is 3.38. The lowest BCUT2D eigenvalue weighted by molar-refractivity contribution is -0.116. The number of para-hydroxylation sites is 1. The molecule has 3 rings (SSSR count). The molecule has 120 valence electrons. The number of anilines is 2. The molecule has 0 unspecified atom stereocenters. The van der Waals surface area contributed by atoms with Crippen LogP contribution in [0.25, 0.3) is 11.0 Å². The number of nitrogens with one attached hydrogen (secondary N) is 2. The molecule has 0 fully saturated rings. The molecule has 0 aliphatic rings. The van der Waals surface area contributed by atoms with Crippen molar-refractivity contribution < 1.29 is 4.79 Å². The summed E-state index contributed by atoms with van der Waals surface area (Å²) in [6, 6.07) is 13.9. The van der Waals surface area contributed by atoms with E-state index in [0.717, 1.165) is 33.8 Å². The Hall–Kier alpha value is -2.62. The van der Waals surface area contributed by atoms with Gasteiger partial charge in [-0.3, -0.25) is 4.79 Å². The van der Waals surface area contributed by atoms with Crippen LogP contribution in [0.15, 0.2) is 42.5 Å². The van der Waals surface area contributed by atoms with E-state index in [-0.39, 0.29) is 5.78 Å². The fourth-order valence-electron chi connectivity index (χ4n) is 2.36. The zero-order valence-corrected chi connectivity index (χ0v) is 14.1. The molecule has 2 aromatic carbocycles. The molecule has 2 N–H and O–H groups in total. The second-order valence-electron chi connectivity index (χ2n) is 5.26. The smallest absolute Gasteiger partial charge is 0.205 e. The second kappa shape index (κ2) is 7.58. The van der Waals surface area contributed by atoms with Crippen LogP contribution < -0.4 is 5.32 Å². The molecule has 1 aromatic heterocycles. The number of carbonyl (C=O) groups excluding carboxylic acids is 1. The average molecular weight is 309 g/mol. The van der Waals surface area contributed by atoms with Crippen LogP contribution in [-0.4, -0.2) is 15.8 Å². The van der Waals surface area contributed by atoms with Crippen molar-refractivity contribution in [2.45, 2.75) is 34.1 Å². The van der Waals surface area contributed by atoms with Gasteiger partial charge < -0.3 is 10.3 Å². The van der Waals surface area contributed by atoms with Gasteiger partial charge in [-0.2, -0.15) is 0 Å². The third-order valence-corrected chi connectivity index (χ3v) is 3.38. The predicted octanol–water partition coefficient (Wildman–Crippen LogP) is 4.77. The molecule has 4 nitrogen and oxygen atoms in total. The van der Waals surface area contributed by atoms with Gasteiger partial charge in [0.25, 0.3) is 0 Å². The van der Waals surface area contributed by atoms with Gasteiger partial charge >= 0.3 is 0 Å². The number of imidazole rings is 1. The Balaban J connectivity index is 0.000000924. The fraction of sp³-hybridized carbons (Fsp3) is 0.263. The van der Waals surface area contributed by atoms with E-state index in [2.05, 4.69) is 15.3 Å². The number of Topliss-reactive ketones (excluding diaryl/α,β-unsaturated/α-hetero) is 1. The number of H-pyrrole nitrogens is 1. The van der Waals surface area contributed by atoms with Gasteiger partial charge in [0, 0.05) is 12.1 Å². The standard InChI is InChI=1S/C17H17N3O.C2H6/c1-11-4-3-5-15-16(11)20-17(19-15)18-14-8-6-13(7-9-14)10-12(2)21;1-2/h3-9H,10H2,1-2H3,(H2,18,19,20);1-2H3. The van der Waals surface area contributed by atoms with Gasteiger partial charge in [-0.15, -0.1) is 0 Å². The first-order chi connectivity index (χ1) is 11.1. The molecular formula is C19H23N3O. The SMILES string of the molecule is CC.CC(=O)Cc1ccc(Nc2nc3c(C)cccc3[nH]2)cc1. The number of fused-ring (bicyclic) bond motifs is 1. The summed E-state index contributed by atoms with van der Waals surface area (Å²) < 4.78 is 0. The number of benzene rings is 2. The highest BCUT2D eigenvalue weighted by Gasteiger charge is 2.05. The molecule has 0 bridgehead atoms. The van der Waals surface area contributed by atoms with E-state index in [1.54, 1.807) is 6.92 Å². The summed E-state index contributed by atoms with van der Waals surface area (Å²) in [5, 5.41) is 3.25. The van der Waals surface area contributed by atoms with Crippen molar-refractivity contribution in [3.8, 4) is 0 Å². The van der Waals surface area contributed by atoms with E-state index >= 15 is 0 Å². The number of aromatic amines is 1. The summed E-state index contributed by atoms with van der Waals surface area (Å²) in [7, 11) is 0. The molecule has 0 amide bonds. The highest BCUT2D eigenvalue weighted by molar-refractivity contribution is 5.81. The quantitative estimate of drug-likeness (QED) is 0.729. The largest absolute Gasteiger partial charge is 0.326 e. The van der Waals surface area contributed by atoms with E-state index in [1.165, 1.54) is 0 Å². The summed E-state index contributed by atoms with van der Waals surface area (Å²) in [6.45, 7) is 7.65. The highest BCUT2D eigenvalue weighted by Crippen LogP contribution is 2.21. The molecular weight excluding hydrogens is 286 g/mol. The van der Waals surface area contributed by atoms with Gasteiger partial charge in [0.05, 0.1) is 11.0 Å². The van der Waals surface area contributed by atoms with Gasteiger partial charge in [0.1, 0.15) is 5.78 Å². The van der Waals surface area contributed by atoms with Crippen molar-refractivity contribution in [2.75, 3.05) is 5.32 Å². The van der Waals surface area contributed by atoms with Crippen molar-refractivity contribution in [3.05, 3.63) is 53.6 Å². The Kier molecular flexibility index (Phi) is 5.52. The minimum atomic E-state index is 0.170. The molecule has 0 aliphatic carbocycles. The van der Waals surface area contributed by atoms with Gasteiger partial charge in [0.15, 0.2) is 0 Å². The Morgan fingerprint density at radius 2 is 1.83 bits per heavy atom. The third kappa shape index (κ3) is 4.19. The lowest BCUT2D eigenvalue weighted by Gasteiger charge is -2.04. The maximum atomic E-state index is 11.1. The molecule has 23 heavy (non-hydrogen) atoms.